The maximum absolute atomic E-state index is 13.3. The third kappa shape index (κ3) is 2.88. The Kier molecular flexibility index (Phi) is 4.21. The highest BCUT2D eigenvalue weighted by molar-refractivity contribution is 6.18. The second-order valence-electron chi connectivity index (χ2n) is 7.05. The van der Waals surface area contributed by atoms with E-state index in [1.54, 1.807) is 6.07 Å². The number of H-pyrrole nitrogens is 1. The largest absolute Gasteiger partial charge is 0.312 e. The minimum Gasteiger partial charge on any atom is -0.312 e. The van der Waals surface area contributed by atoms with Crippen molar-refractivity contribution in [3.8, 4) is 11.1 Å². The number of rotatable bonds is 3. The number of carbonyl (C=O) groups excluding carboxylic acids is 1. The Morgan fingerprint density at radius 1 is 0.967 bits per heavy atom. The maximum Gasteiger partial charge on any atom is 0.262 e. The van der Waals surface area contributed by atoms with Crippen LogP contribution in [0, 0.1) is 0 Å². The van der Waals surface area contributed by atoms with Crippen molar-refractivity contribution in [3.63, 3.8) is 0 Å². The zero-order valence-electron chi connectivity index (χ0n) is 16.1. The van der Waals surface area contributed by atoms with Crippen molar-refractivity contribution in [1.82, 2.24) is 15.0 Å². The third-order valence-corrected chi connectivity index (χ3v) is 5.14. The summed E-state index contributed by atoms with van der Waals surface area (Å²) in [6.07, 6.45) is 1.32. The van der Waals surface area contributed by atoms with Crippen LogP contribution in [0.2, 0.25) is 0 Å². The molecule has 0 spiro atoms. The molecule has 1 atom stereocenters. The molecule has 30 heavy (non-hydrogen) atoms. The summed E-state index contributed by atoms with van der Waals surface area (Å²) in [7, 11) is 0. The zero-order valence-corrected chi connectivity index (χ0v) is 16.1. The number of carbonyl (C=O) groups is 1. The van der Waals surface area contributed by atoms with Gasteiger partial charge < -0.3 is 4.98 Å². The van der Waals surface area contributed by atoms with Crippen LogP contribution in [-0.2, 0) is 4.79 Å². The fourth-order valence-corrected chi connectivity index (χ4v) is 3.75. The molecule has 4 aromatic rings. The highest BCUT2D eigenvalue weighted by Gasteiger charge is 2.37. The number of aromatic nitrogens is 3. The van der Waals surface area contributed by atoms with E-state index < -0.39 is 5.92 Å². The van der Waals surface area contributed by atoms with Gasteiger partial charge in [0.05, 0.1) is 28.8 Å². The van der Waals surface area contributed by atoms with Gasteiger partial charge in [0.15, 0.2) is 5.65 Å². The lowest BCUT2D eigenvalue weighted by molar-refractivity contribution is -0.118. The van der Waals surface area contributed by atoms with Gasteiger partial charge in [0.2, 0.25) is 0 Å². The average Bonchev–Trinajstić information content (AvgIpc) is 3.08. The van der Waals surface area contributed by atoms with Crippen molar-refractivity contribution < 1.29 is 4.79 Å². The number of hydrogen-bond acceptors (Lipinski definition) is 5. The number of fused-ring (bicyclic) bond motifs is 1. The van der Waals surface area contributed by atoms with Gasteiger partial charge in [0.1, 0.15) is 5.92 Å². The van der Waals surface area contributed by atoms with Gasteiger partial charge >= 0.3 is 0 Å². The first-order valence-corrected chi connectivity index (χ1v) is 9.51. The molecule has 2 aromatic carbocycles. The summed E-state index contributed by atoms with van der Waals surface area (Å²) < 4.78 is 0. The first kappa shape index (κ1) is 17.9. The topological polar surface area (TPSA) is 91.3 Å². The molecule has 0 aliphatic carbocycles. The first-order chi connectivity index (χ1) is 14.6. The van der Waals surface area contributed by atoms with E-state index in [1.165, 1.54) is 11.3 Å². The Balaban J connectivity index is 1.68. The summed E-state index contributed by atoms with van der Waals surface area (Å²) in [5, 5.41) is 6.27. The van der Waals surface area contributed by atoms with Crippen LogP contribution in [0.1, 0.15) is 18.5 Å². The molecule has 7 nitrogen and oxygen atoms in total. The van der Waals surface area contributed by atoms with Crippen molar-refractivity contribution in [1.29, 1.82) is 0 Å². The van der Waals surface area contributed by atoms with Crippen LogP contribution in [0.3, 0.4) is 0 Å². The molecule has 0 radical (unpaired) electrons. The predicted octanol–water partition coefficient (Wildman–Crippen LogP) is 3.49. The lowest BCUT2D eigenvalue weighted by atomic mass is 9.95. The molecule has 1 N–H and O–H groups in total. The third-order valence-electron chi connectivity index (χ3n) is 5.14. The second-order valence-corrected chi connectivity index (χ2v) is 7.05. The Morgan fingerprint density at radius 2 is 1.67 bits per heavy atom. The van der Waals surface area contributed by atoms with E-state index in [0.717, 1.165) is 5.56 Å². The smallest absolute Gasteiger partial charge is 0.262 e. The predicted molar refractivity (Wildman–Crippen MR) is 115 cm³/mol. The maximum atomic E-state index is 13.3. The van der Waals surface area contributed by atoms with Crippen LogP contribution in [0.15, 0.2) is 83.0 Å². The molecule has 1 amide bonds. The Hall–Kier alpha value is -4.13. The second kappa shape index (κ2) is 7.04. The van der Waals surface area contributed by atoms with Gasteiger partial charge in [-0.05, 0) is 30.7 Å². The number of nitrogens with zero attached hydrogens (tertiary/aromatic N) is 4. The van der Waals surface area contributed by atoms with E-state index >= 15 is 0 Å². The highest BCUT2D eigenvalue weighted by atomic mass is 16.2. The average molecular weight is 395 g/mol. The molecule has 1 aliphatic rings. The molecule has 7 heteroatoms. The number of hydrazone groups is 1. The van der Waals surface area contributed by atoms with E-state index in [0.29, 0.717) is 33.7 Å². The van der Waals surface area contributed by atoms with Gasteiger partial charge in [-0.2, -0.15) is 10.1 Å². The Morgan fingerprint density at radius 3 is 2.40 bits per heavy atom. The number of nitrogens with one attached hydrogen (secondary N) is 1. The van der Waals surface area contributed by atoms with Crippen LogP contribution in [0.25, 0.3) is 22.2 Å². The normalized spacial score (nSPS) is 16.2. The molecule has 3 heterocycles. The summed E-state index contributed by atoms with van der Waals surface area (Å²) in [6, 6.07) is 20.6. The molecule has 0 bridgehead atoms. The van der Waals surface area contributed by atoms with Crippen LogP contribution >= 0.6 is 0 Å². The fraction of sp³-hybridized carbons (Fsp3) is 0.0870. The van der Waals surface area contributed by atoms with Crippen molar-refractivity contribution in [3.05, 3.63) is 89.1 Å². The van der Waals surface area contributed by atoms with Gasteiger partial charge in [-0.25, -0.2) is 9.97 Å². The SMILES string of the molecule is CC1=NN(c2ccccc2)C(=O)C1c1cc(-c2ccccc2)c2c(=O)[nH]cnc2n1. The number of hydrogen-bond donors (Lipinski definition) is 1. The van der Waals surface area contributed by atoms with Gasteiger partial charge in [-0.15, -0.1) is 0 Å². The van der Waals surface area contributed by atoms with Crippen LogP contribution in [-0.4, -0.2) is 26.6 Å². The molecule has 0 saturated carbocycles. The Bertz CT molecular complexity index is 1350. The first-order valence-electron chi connectivity index (χ1n) is 9.51. The molecule has 146 valence electrons. The van der Waals surface area contributed by atoms with Crippen LogP contribution < -0.4 is 10.6 Å². The molecular weight excluding hydrogens is 378 g/mol. The number of amides is 1. The lowest BCUT2D eigenvalue weighted by Crippen LogP contribution is -2.26. The van der Waals surface area contributed by atoms with Crippen molar-refractivity contribution in [2.45, 2.75) is 12.8 Å². The van der Waals surface area contributed by atoms with E-state index in [-0.39, 0.29) is 11.5 Å². The molecule has 5 rings (SSSR count). The minimum atomic E-state index is -0.641. The van der Waals surface area contributed by atoms with E-state index in [1.807, 2.05) is 67.6 Å². The molecule has 1 unspecified atom stereocenters. The molecule has 2 aromatic heterocycles. The summed E-state index contributed by atoms with van der Waals surface area (Å²) >= 11 is 0. The standard InChI is InChI=1S/C23H17N5O2/c1-14-19(23(30)28(27-14)16-10-6-3-7-11-16)18-12-17(15-8-4-2-5-9-15)20-21(26-18)24-13-25-22(20)29/h2-13,19H,1H3,(H,24,25,26,29). The Labute approximate surface area is 171 Å². The number of aromatic amines is 1. The fourth-order valence-electron chi connectivity index (χ4n) is 3.75. The number of benzene rings is 2. The zero-order chi connectivity index (χ0) is 20.7. The van der Waals surface area contributed by atoms with Crippen molar-refractivity contribution in [2.75, 3.05) is 5.01 Å². The van der Waals surface area contributed by atoms with E-state index in [9.17, 15) is 9.59 Å². The van der Waals surface area contributed by atoms with Gasteiger partial charge in [-0.3, -0.25) is 9.59 Å². The van der Waals surface area contributed by atoms with E-state index in [4.69, 9.17) is 0 Å². The summed E-state index contributed by atoms with van der Waals surface area (Å²) in [5.41, 5.74) is 3.42. The van der Waals surface area contributed by atoms with Crippen molar-refractivity contribution in [2.24, 2.45) is 5.10 Å². The van der Waals surface area contributed by atoms with Gasteiger partial charge in [-0.1, -0.05) is 48.5 Å². The van der Waals surface area contributed by atoms with Crippen LogP contribution in [0.5, 0.6) is 0 Å². The molecular formula is C23H17N5O2. The summed E-state index contributed by atoms with van der Waals surface area (Å²) in [5.74, 6) is -0.826. The molecule has 0 fully saturated rings. The highest BCUT2D eigenvalue weighted by Crippen LogP contribution is 2.33. The molecule has 0 saturated heterocycles. The number of para-hydroxylation sites is 1. The minimum absolute atomic E-state index is 0.186. The molecule has 1 aliphatic heterocycles. The monoisotopic (exact) mass is 395 g/mol. The van der Waals surface area contributed by atoms with Gasteiger partial charge in [0, 0.05) is 5.56 Å². The van der Waals surface area contributed by atoms with Crippen molar-refractivity contribution >= 4 is 28.3 Å². The quantitative estimate of drug-likeness (QED) is 0.575. The van der Waals surface area contributed by atoms with E-state index in [2.05, 4.69) is 20.1 Å². The summed E-state index contributed by atoms with van der Waals surface area (Å²) in [4.78, 5) is 37.2. The summed E-state index contributed by atoms with van der Waals surface area (Å²) in [6.45, 7) is 1.81. The number of pyridine rings is 1. The lowest BCUT2D eigenvalue weighted by Gasteiger charge is -2.15. The van der Waals surface area contributed by atoms with Gasteiger partial charge in [0.25, 0.3) is 11.5 Å². The number of anilines is 1. The van der Waals surface area contributed by atoms with Crippen LogP contribution in [0.4, 0.5) is 5.69 Å².